The van der Waals surface area contributed by atoms with Crippen molar-refractivity contribution in [2.75, 3.05) is 12.0 Å². The van der Waals surface area contributed by atoms with Crippen LogP contribution in [0.25, 0.3) is 0 Å². The van der Waals surface area contributed by atoms with Gasteiger partial charge < -0.3 is 21.4 Å². The van der Waals surface area contributed by atoms with Crippen molar-refractivity contribution in [3.8, 4) is 11.5 Å². The average Bonchev–Trinajstić information content (AvgIpc) is 2.63. The molecule has 2 aromatic rings. The van der Waals surface area contributed by atoms with Crippen LogP contribution in [0.2, 0.25) is 0 Å². The Labute approximate surface area is 276 Å². The Bertz CT molecular complexity index is 649. The molecule has 12 heteroatoms. The summed E-state index contributed by atoms with van der Waals surface area (Å²) < 4.78 is 6.77. The van der Waals surface area contributed by atoms with Gasteiger partial charge in [-0.25, -0.2) is 0 Å². The molecule has 0 saturated heterocycles. The third kappa shape index (κ3) is 20.0. The molecule has 0 fully saturated rings. The second-order valence-corrected chi connectivity index (χ2v) is 5.72. The first-order valence-electron chi connectivity index (χ1n) is 6.43. The molecule has 0 aromatic carbocycles. The molecule has 0 bridgehead atoms. The molecule has 0 aliphatic heterocycles. The smallest absolute Gasteiger partial charge is 1.00 e. The molecule has 27 heavy (non-hydrogen) atoms. The first-order valence-corrected chi connectivity index (χ1v) is 10.2. The number of hydrogen-bond acceptors (Lipinski definition) is 7. The van der Waals surface area contributed by atoms with Crippen molar-refractivity contribution < 1.29 is 129 Å². The molecular formula is C15H19Br2IK2N2O5. The monoisotopic (exact) mass is 670 g/mol. The molecule has 0 aliphatic carbocycles. The van der Waals surface area contributed by atoms with Crippen molar-refractivity contribution in [1.82, 2.24) is 9.97 Å². The van der Waals surface area contributed by atoms with Gasteiger partial charge in [-0.2, -0.15) is 0 Å². The van der Waals surface area contributed by atoms with E-state index in [9.17, 15) is 0 Å². The Balaban J connectivity index is -0.0000000914. The Morgan fingerprint density at radius 2 is 1.52 bits per heavy atom. The number of carbonyl (C=O) groups is 1. The zero-order chi connectivity index (χ0) is 19.8. The number of rotatable bonds is 2. The number of nitrogens with zero attached hydrogens (tertiary/aromatic N) is 2. The van der Waals surface area contributed by atoms with Crippen molar-refractivity contribution in [1.29, 1.82) is 0 Å². The Morgan fingerprint density at radius 3 is 1.81 bits per heavy atom. The molecule has 1 N–H and O–H groups in total. The van der Waals surface area contributed by atoms with E-state index in [4.69, 9.17) is 19.9 Å². The van der Waals surface area contributed by atoms with E-state index >= 15 is 0 Å². The number of pyridine rings is 2. The molecule has 0 spiro atoms. The van der Waals surface area contributed by atoms with Gasteiger partial charge in [0.25, 0.3) is 6.47 Å². The first kappa shape index (κ1) is 36.7. The summed E-state index contributed by atoms with van der Waals surface area (Å²) in [7, 11) is 1.64. The maximum atomic E-state index is 9.01. The largest absolute Gasteiger partial charge is 1.00 e. The average molecular weight is 672 g/mol. The Morgan fingerprint density at radius 1 is 1.11 bits per heavy atom. The van der Waals surface area contributed by atoms with E-state index in [0.29, 0.717) is 5.69 Å². The summed E-state index contributed by atoms with van der Waals surface area (Å²) in [6, 6.07) is 3.50. The first-order chi connectivity index (χ1) is 11.8. The predicted octanol–water partition coefficient (Wildman–Crippen LogP) is -2.37. The molecule has 0 saturated carbocycles. The third-order valence-corrected chi connectivity index (χ3v) is 3.16. The van der Waals surface area contributed by atoms with E-state index in [2.05, 4.69) is 69.3 Å². The minimum atomic E-state index is -0.181. The summed E-state index contributed by atoms with van der Waals surface area (Å²) in [5, 5.41) is 17.4. The summed E-state index contributed by atoms with van der Waals surface area (Å²) in [5.41, 5.74) is 1.56. The van der Waals surface area contributed by atoms with Crippen LogP contribution in [-0.4, -0.2) is 33.6 Å². The van der Waals surface area contributed by atoms with Crippen LogP contribution in [0, 0.1) is 13.8 Å². The summed E-state index contributed by atoms with van der Waals surface area (Å²) in [6.07, 6.45) is 3.40. The summed E-state index contributed by atoms with van der Waals surface area (Å²) in [6.45, 7) is 3.48. The van der Waals surface area contributed by atoms with Crippen molar-refractivity contribution in [3.63, 3.8) is 0 Å². The van der Waals surface area contributed by atoms with E-state index < -0.39 is 0 Å². The summed E-state index contributed by atoms with van der Waals surface area (Å²) >= 11 is 8.62. The summed E-state index contributed by atoms with van der Waals surface area (Å²) in [4.78, 5) is 21.2. The summed E-state index contributed by atoms with van der Waals surface area (Å²) in [5.74, 6) is 1.04. The molecule has 2 heterocycles. The van der Waals surface area contributed by atoms with Crippen LogP contribution >= 0.6 is 54.5 Å². The van der Waals surface area contributed by atoms with Crippen molar-refractivity contribution in [3.05, 3.63) is 44.9 Å². The maximum absolute atomic E-state index is 9.01. The van der Waals surface area contributed by atoms with Gasteiger partial charge in [0.05, 0.1) is 18.5 Å². The van der Waals surface area contributed by atoms with Gasteiger partial charge in [0, 0.05) is 21.3 Å². The zero-order valence-electron chi connectivity index (χ0n) is 17.0. The fourth-order valence-corrected chi connectivity index (χ4v) is 1.82. The van der Waals surface area contributed by atoms with Gasteiger partial charge in [-0.05, 0) is 62.8 Å². The maximum Gasteiger partial charge on any atom is 1.00 e. The number of halogens is 3. The van der Waals surface area contributed by atoms with Gasteiger partial charge >= 0.3 is 103 Å². The minimum Gasteiger partial charge on any atom is -1.00 e. The van der Waals surface area contributed by atoms with E-state index in [-0.39, 0.29) is 116 Å². The predicted molar refractivity (Wildman–Crippen MR) is 110 cm³/mol. The third-order valence-electron chi connectivity index (χ3n) is 2.29. The van der Waals surface area contributed by atoms with Gasteiger partial charge in [-0.15, -0.1) is 0 Å². The van der Waals surface area contributed by atoms with Crippen LogP contribution in [-0.2, 0) is 9.68 Å². The van der Waals surface area contributed by atoms with Gasteiger partial charge in [-0.1, -0.05) is 22.6 Å². The Kier molecular flexibility index (Phi) is 33.3. The second-order valence-electron chi connectivity index (χ2n) is 3.89. The van der Waals surface area contributed by atoms with Crippen LogP contribution < -0.4 is 113 Å². The standard InChI is InChI=1S/C7H8BrNO.C6H6BrNO.CH3I.CH2O3.2K.H/c1-5-7(10-2)3-6(8)4-9-5;1-4-6(9)2-5(7)3-8-4;1-2;2-1-4-3;;;/h3-4H,1-2H3;2-3,9H,1H3;1H3;1,3H;;;/q;;;;2*+1;-1/p-1. The molecule has 0 amide bonds. The normalized spacial score (nSPS) is 7.70. The van der Waals surface area contributed by atoms with Gasteiger partial charge in [0.2, 0.25) is 0 Å². The number of carbonyl (C=O) groups excluding carboxylic acids is 1. The van der Waals surface area contributed by atoms with Gasteiger partial charge in [0.15, 0.2) is 0 Å². The molecule has 0 radical (unpaired) electrons. The number of hydrogen-bond donors (Lipinski definition) is 1. The fourth-order valence-electron chi connectivity index (χ4n) is 1.19. The molecule has 0 aliphatic rings. The number of aromatic hydroxyl groups is 1. The van der Waals surface area contributed by atoms with E-state index in [1.165, 1.54) is 0 Å². The number of methoxy groups -OCH3 is 1. The van der Waals surface area contributed by atoms with E-state index in [0.717, 1.165) is 20.4 Å². The van der Waals surface area contributed by atoms with Crippen LogP contribution in [0.15, 0.2) is 33.5 Å². The molecule has 2 aromatic heterocycles. The minimum absolute atomic E-state index is 0. The van der Waals surface area contributed by atoms with Gasteiger partial charge in [-0.3, -0.25) is 14.8 Å². The Hall–Kier alpha value is 2.29. The SMILES string of the molecule is CI.COc1cc(Br)cnc1C.Cc1ncc(Br)cc1O.O=CO[O-].[H-].[K+].[K+]. The second kappa shape index (κ2) is 24.6. The number of alkyl halides is 1. The van der Waals surface area contributed by atoms with Crippen molar-refractivity contribution in [2.45, 2.75) is 13.8 Å². The van der Waals surface area contributed by atoms with Crippen LogP contribution in [0.4, 0.5) is 0 Å². The number of aromatic nitrogens is 2. The van der Waals surface area contributed by atoms with Crippen molar-refractivity contribution in [2.24, 2.45) is 0 Å². The van der Waals surface area contributed by atoms with Crippen LogP contribution in [0.5, 0.6) is 11.5 Å². The van der Waals surface area contributed by atoms with E-state index in [1.807, 2.05) is 17.9 Å². The fraction of sp³-hybridized carbons (Fsp3) is 0.267. The van der Waals surface area contributed by atoms with Gasteiger partial charge in [0.1, 0.15) is 11.5 Å². The van der Waals surface area contributed by atoms with Crippen LogP contribution in [0.1, 0.15) is 12.8 Å². The molecule has 0 atom stereocenters. The molecular weight excluding hydrogens is 653 g/mol. The zero-order valence-corrected chi connectivity index (χ0v) is 27.6. The molecule has 0 unspecified atom stereocenters. The number of ether oxygens (including phenoxy) is 1. The topological polar surface area (TPSA) is 105 Å². The van der Waals surface area contributed by atoms with Crippen molar-refractivity contribution >= 4 is 60.9 Å². The molecule has 7 nitrogen and oxygen atoms in total. The van der Waals surface area contributed by atoms with Crippen LogP contribution in [0.3, 0.4) is 0 Å². The van der Waals surface area contributed by atoms with E-state index in [1.54, 1.807) is 32.5 Å². The molecule has 2 rings (SSSR count). The quantitative estimate of drug-likeness (QED) is 0.0951. The number of aryl methyl sites for hydroxylation is 2. The molecule has 142 valence electrons.